The first kappa shape index (κ1) is 13.4. The number of rotatable bonds is 2. The summed E-state index contributed by atoms with van der Waals surface area (Å²) in [5, 5.41) is 2.36. The maximum atomic E-state index is 11.9. The lowest BCUT2D eigenvalue weighted by molar-refractivity contribution is 0.0524. The van der Waals surface area contributed by atoms with E-state index in [1.165, 1.54) is 0 Å². The zero-order valence-electron chi connectivity index (χ0n) is 10.7. The van der Waals surface area contributed by atoms with Crippen LogP contribution in [0.5, 0.6) is 5.75 Å². The number of ether oxygens (including phenoxy) is 2. The first-order valence-corrected chi connectivity index (χ1v) is 6.03. The number of methoxy groups -OCH3 is 1. The molecule has 1 fully saturated rings. The van der Waals surface area contributed by atoms with E-state index in [0.29, 0.717) is 37.6 Å². The summed E-state index contributed by atoms with van der Waals surface area (Å²) in [5.74, 6) is 0.246. The molecular weight excluding hydrogens is 248 g/mol. The number of hydrogen-bond acceptors (Lipinski definition) is 4. The first-order valence-electron chi connectivity index (χ1n) is 6.03. The Morgan fingerprint density at radius 1 is 1.21 bits per heavy atom. The third-order valence-electron chi connectivity index (χ3n) is 2.87. The van der Waals surface area contributed by atoms with Crippen LogP contribution in [0.3, 0.4) is 0 Å². The zero-order valence-corrected chi connectivity index (χ0v) is 10.7. The average molecular weight is 264 g/mol. The number of urea groups is 1. The summed E-state index contributed by atoms with van der Waals surface area (Å²) in [5.41, 5.74) is 0.419. The summed E-state index contributed by atoms with van der Waals surface area (Å²) in [6.45, 7) is 2.01. The minimum atomic E-state index is -0.417. The molecule has 0 atom stereocenters. The van der Waals surface area contributed by atoms with Crippen LogP contribution in [-0.4, -0.2) is 50.3 Å². The number of benzene rings is 1. The number of imide groups is 1. The fourth-order valence-corrected chi connectivity index (χ4v) is 1.76. The molecule has 1 aliphatic rings. The van der Waals surface area contributed by atoms with Gasteiger partial charge in [0.1, 0.15) is 5.75 Å². The molecular formula is C13H16N2O4. The largest absolute Gasteiger partial charge is 0.497 e. The van der Waals surface area contributed by atoms with Crippen molar-refractivity contribution in [3.8, 4) is 5.75 Å². The molecule has 0 spiro atoms. The smallest absolute Gasteiger partial charge is 0.324 e. The highest BCUT2D eigenvalue weighted by molar-refractivity contribution is 6.04. The molecule has 1 aromatic rings. The van der Waals surface area contributed by atoms with Crippen molar-refractivity contribution in [2.45, 2.75) is 0 Å². The summed E-state index contributed by atoms with van der Waals surface area (Å²) in [7, 11) is 1.55. The standard InChI is InChI=1S/C13H16N2O4/c1-18-11-4-2-10(3-5-11)12(16)14-13(17)15-6-8-19-9-7-15/h2-5H,6-9H2,1H3,(H,14,16,17). The van der Waals surface area contributed by atoms with Crippen LogP contribution >= 0.6 is 0 Å². The summed E-state index contributed by atoms with van der Waals surface area (Å²) in [6, 6.07) is 6.19. The Labute approximate surface area is 111 Å². The van der Waals surface area contributed by atoms with Crippen LogP contribution < -0.4 is 10.1 Å². The maximum absolute atomic E-state index is 11.9. The van der Waals surface area contributed by atoms with Crippen LogP contribution in [0, 0.1) is 0 Å². The monoisotopic (exact) mass is 264 g/mol. The van der Waals surface area contributed by atoms with Gasteiger partial charge in [0.25, 0.3) is 5.91 Å². The molecule has 2 rings (SSSR count). The molecule has 6 nitrogen and oxygen atoms in total. The van der Waals surface area contributed by atoms with Gasteiger partial charge < -0.3 is 14.4 Å². The Hall–Kier alpha value is -2.08. The topological polar surface area (TPSA) is 67.9 Å². The SMILES string of the molecule is COc1ccc(C(=O)NC(=O)N2CCOCC2)cc1. The Balaban J connectivity index is 1.93. The molecule has 102 valence electrons. The molecule has 0 unspecified atom stereocenters. The Morgan fingerprint density at radius 2 is 1.84 bits per heavy atom. The van der Waals surface area contributed by atoms with E-state index in [1.807, 2.05) is 0 Å². The lowest BCUT2D eigenvalue weighted by Gasteiger charge is -2.26. The highest BCUT2D eigenvalue weighted by Gasteiger charge is 2.19. The van der Waals surface area contributed by atoms with Crippen LogP contribution in [0.15, 0.2) is 24.3 Å². The second-order valence-electron chi connectivity index (χ2n) is 4.09. The highest BCUT2D eigenvalue weighted by Crippen LogP contribution is 2.11. The fourth-order valence-electron chi connectivity index (χ4n) is 1.76. The Kier molecular flexibility index (Phi) is 4.35. The van der Waals surface area contributed by atoms with Crippen molar-refractivity contribution >= 4 is 11.9 Å². The van der Waals surface area contributed by atoms with Gasteiger partial charge >= 0.3 is 6.03 Å². The molecule has 3 amide bonds. The minimum Gasteiger partial charge on any atom is -0.497 e. The van der Waals surface area contributed by atoms with Crippen molar-refractivity contribution in [1.29, 1.82) is 0 Å². The molecule has 1 heterocycles. The quantitative estimate of drug-likeness (QED) is 0.861. The highest BCUT2D eigenvalue weighted by atomic mass is 16.5. The van der Waals surface area contributed by atoms with Gasteiger partial charge in [-0.1, -0.05) is 0 Å². The van der Waals surface area contributed by atoms with Gasteiger partial charge in [0.05, 0.1) is 20.3 Å². The number of nitrogens with one attached hydrogen (secondary N) is 1. The minimum absolute atomic E-state index is 0.385. The van der Waals surface area contributed by atoms with Crippen molar-refractivity contribution in [2.24, 2.45) is 0 Å². The summed E-state index contributed by atoms with van der Waals surface area (Å²) >= 11 is 0. The van der Waals surface area contributed by atoms with Gasteiger partial charge in [0.2, 0.25) is 0 Å². The van der Waals surface area contributed by atoms with Crippen LogP contribution in [-0.2, 0) is 4.74 Å². The van der Waals surface area contributed by atoms with Gasteiger partial charge in [0.15, 0.2) is 0 Å². The van der Waals surface area contributed by atoms with Crippen LogP contribution in [0.25, 0.3) is 0 Å². The molecule has 0 aliphatic carbocycles. The third-order valence-corrected chi connectivity index (χ3v) is 2.87. The fraction of sp³-hybridized carbons (Fsp3) is 0.385. The summed E-state index contributed by atoms with van der Waals surface area (Å²) in [4.78, 5) is 25.2. The van der Waals surface area contributed by atoms with Crippen molar-refractivity contribution in [1.82, 2.24) is 10.2 Å². The molecule has 0 radical (unpaired) electrons. The van der Waals surface area contributed by atoms with E-state index in [4.69, 9.17) is 9.47 Å². The molecule has 19 heavy (non-hydrogen) atoms. The molecule has 0 saturated carbocycles. The van der Waals surface area contributed by atoms with E-state index in [-0.39, 0.29) is 6.03 Å². The molecule has 1 aliphatic heterocycles. The molecule has 1 aromatic carbocycles. The predicted octanol–water partition coefficient (Wildman–Crippen LogP) is 0.877. The summed E-state index contributed by atoms with van der Waals surface area (Å²) < 4.78 is 10.1. The average Bonchev–Trinajstić information content (AvgIpc) is 2.48. The zero-order chi connectivity index (χ0) is 13.7. The molecule has 0 aromatic heterocycles. The van der Waals surface area contributed by atoms with E-state index in [1.54, 1.807) is 36.3 Å². The number of carbonyl (C=O) groups is 2. The maximum Gasteiger partial charge on any atom is 0.324 e. The number of hydrogen-bond donors (Lipinski definition) is 1. The lowest BCUT2D eigenvalue weighted by Crippen LogP contribution is -2.47. The van der Waals surface area contributed by atoms with Crippen LogP contribution in [0.2, 0.25) is 0 Å². The third kappa shape index (κ3) is 3.45. The van der Waals surface area contributed by atoms with Crippen molar-refractivity contribution < 1.29 is 19.1 Å². The molecule has 6 heteroatoms. The number of morpholine rings is 1. The van der Waals surface area contributed by atoms with Crippen molar-refractivity contribution in [2.75, 3.05) is 33.4 Å². The normalized spacial score (nSPS) is 14.9. The Morgan fingerprint density at radius 3 is 2.42 bits per heavy atom. The number of nitrogens with zero attached hydrogens (tertiary/aromatic N) is 1. The van der Waals surface area contributed by atoms with E-state index in [0.717, 1.165) is 0 Å². The van der Waals surface area contributed by atoms with Gasteiger partial charge in [-0.2, -0.15) is 0 Å². The molecule has 0 bridgehead atoms. The number of amides is 3. The van der Waals surface area contributed by atoms with E-state index in [9.17, 15) is 9.59 Å². The molecule has 1 saturated heterocycles. The van der Waals surface area contributed by atoms with Gasteiger partial charge in [-0.3, -0.25) is 10.1 Å². The van der Waals surface area contributed by atoms with E-state index in [2.05, 4.69) is 5.32 Å². The predicted molar refractivity (Wildman–Crippen MR) is 68.2 cm³/mol. The lowest BCUT2D eigenvalue weighted by atomic mass is 10.2. The van der Waals surface area contributed by atoms with Gasteiger partial charge in [-0.05, 0) is 24.3 Å². The first-order chi connectivity index (χ1) is 9.20. The summed E-state index contributed by atoms with van der Waals surface area (Å²) in [6.07, 6.45) is 0. The molecule has 1 N–H and O–H groups in total. The van der Waals surface area contributed by atoms with Crippen molar-refractivity contribution in [3.63, 3.8) is 0 Å². The van der Waals surface area contributed by atoms with E-state index >= 15 is 0 Å². The van der Waals surface area contributed by atoms with Crippen LogP contribution in [0.1, 0.15) is 10.4 Å². The van der Waals surface area contributed by atoms with Gasteiger partial charge in [0, 0.05) is 18.7 Å². The van der Waals surface area contributed by atoms with E-state index < -0.39 is 5.91 Å². The second kappa shape index (κ2) is 6.19. The van der Waals surface area contributed by atoms with Gasteiger partial charge in [-0.15, -0.1) is 0 Å². The van der Waals surface area contributed by atoms with Crippen molar-refractivity contribution in [3.05, 3.63) is 29.8 Å². The number of carbonyl (C=O) groups excluding carboxylic acids is 2. The van der Waals surface area contributed by atoms with Crippen LogP contribution in [0.4, 0.5) is 4.79 Å². The Bertz CT molecular complexity index is 452. The second-order valence-corrected chi connectivity index (χ2v) is 4.09. The van der Waals surface area contributed by atoms with Gasteiger partial charge in [-0.25, -0.2) is 4.79 Å².